The Bertz CT molecular complexity index is 428. The van der Waals surface area contributed by atoms with Crippen molar-refractivity contribution < 1.29 is 9.59 Å². The van der Waals surface area contributed by atoms with E-state index in [1.807, 2.05) is 0 Å². The van der Waals surface area contributed by atoms with E-state index < -0.39 is 0 Å². The molecule has 0 radical (unpaired) electrons. The highest BCUT2D eigenvalue weighted by atomic mass is 16.2. The summed E-state index contributed by atoms with van der Waals surface area (Å²) in [5.41, 5.74) is 0. The van der Waals surface area contributed by atoms with E-state index in [0.717, 1.165) is 0 Å². The highest BCUT2D eigenvalue weighted by Crippen LogP contribution is 2.04. The van der Waals surface area contributed by atoms with Gasteiger partial charge in [-0.3, -0.25) is 9.89 Å². The number of aromatic nitrogens is 3. The lowest BCUT2D eigenvalue weighted by molar-refractivity contribution is -0.120. The van der Waals surface area contributed by atoms with E-state index in [2.05, 4.69) is 25.8 Å². The zero-order valence-corrected chi connectivity index (χ0v) is 10.9. The van der Waals surface area contributed by atoms with Gasteiger partial charge in [-0.25, -0.2) is 9.78 Å². The first-order valence-corrected chi connectivity index (χ1v) is 5.53. The number of aryl methyl sites for hydroxylation is 1. The van der Waals surface area contributed by atoms with Crippen LogP contribution in [-0.2, 0) is 4.79 Å². The monoisotopic (exact) mass is 254 g/mol. The molecule has 0 aliphatic heterocycles. The van der Waals surface area contributed by atoms with Crippen LogP contribution >= 0.6 is 0 Å². The predicted molar refractivity (Wildman–Crippen MR) is 64.8 cm³/mol. The lowest BCUT2D eigenvalue weighted by Crippen LogP contribution is -2.42. The maximum atomic E-state index is 11.6. The molecule has 0 aromatic carbocycles. The molecule has 0 unspecified atom stereocenters. The summed E-state index contributed by atoms with van der Waals surface area (Å²) < 4.78 is 0. The van der Waals surface area contributed by atoms with Gasteiger partial charge in [0.15, 0.2) is 5.82 Å². The Hall–Kier alpha value is -2.12. The number of nitrogens with zero attached hydrogens (tertiary/aromatic N) is 3. The molecular formula is C10H18N6O2. The van der Waals surface area contributed by atoms with Gasteiger partial charge in [-0.1, -0.05) is 0 Å². The minimum Gasteiger partial charge on any atom is -0.345 e. The lowest BCUT2D eigenvalue weighted by Gasteiger charge is -2.13. The van der Waals surface area contributed by atoms with Crippen molar-refractivity contribution in [3.05, 3.63) is 11.6 Å². The minimum absolute atomic E-state index is 0.0786. The zero-order valence-electron chi connectivity index (χ0n) is 10.9. The second-order valence-corrected chi connectivity index (χ2v) is 4.12. The molecule has 0 aliphatic rings. The number of rotatable bonds is 4. The van der Waals surface area contributed by atoms with Crippen LogP contribution in [0.25, 0.3) is 0 Å². The fourth-order valence-electron chi connectivity index (χ4n) is 1.22. The average Bonchev–Trinajstić information content (AvgIpc) is 2.72. The molecule has 1 aromatic heterocycles. The van der Waals surface area contributed by atoms with Crippen LogP contribution in [-0.4, -0.2) is 52.7 Å². The molecule has 1 heterocycles. The summed E-state index contributed by atoms with van der Waals surface area (Å²) in [6.07, 6.45) is 0. The molecule has 0 saturated carbocycles. The largest absolute Gasteiger partial charge is 0.345 e. The van der Waals surface area contributed by atoms with Crippen LogP contribution in [0.1, 0.15) is 24.6 Å². The summed E-state index contributed by atoms with van der Waals surface area (Å²) >= 11 is 0. The number of nitrogens with one attached hydrogen (secondary N) is 3. The number of urea groups is 1. The normalized spacial score (nSPS) is 11.8. The molecule has 0 bridgehead atoms. The smallest absolute Gasteiger partial charge is 0.317 e. The standard InChI is InChI=1S/C10H18N6O2/c1-6(9-13-7(2)14-15-9)12-8(17)5-11-10(18)16(3)4/h6H,5H2,1-4H3,(H,11,18)(H,12,17)(H,13,14,15)/t6-/m0/s1. The van der Waals surface area contributed by atoms with Crippen LogP contribution < -0.4 is 10.6 Å². The maximum Gasteiger partial charge on any atom is 0.317 e. The number of carbonyl (C=O) groups is 2. The minimum atomic E-state index is -0.313. The fourth-order valence-corrected chi connectivity index (χ4v) is 1.22. The number of aromatic amines is 1. The third-order valence-corrected chi connectivity index (χ3v) is 2.19. The van der Waals surface area contributed by atoms with Crippen LogP contribution in [0.2, 0.25) is 0 Å². The van der Waals surface area contributed by atoms with E-state index in [-0.39, 0.29) is 24.5 Å². The third-order valence-electron chi connectivity index (χ3n) is 2.19. The Balaban J connectivity index is 2.38. The summed E-state index contributed by atoms with van der Waals surface area (Å²) in [6, 6.07) is -0.620. The van der Waals surface area contributed by atoms with Gasteiger partial charge >= 0.3 is 6.03 Å². The maximum absolute atomic E-state index is 11.6. The molecule has 0 saturated heterocycles. The molecule has 1 rings (SSSR count). The van der Waals surface area contributed by atoms with E-state index in [1.165, 1.54) is 4.90 Å². The van der Waals surface area contributed by atoms with Crippen molar-refractivity contribution in [3.8, 4) is 0 Å². The van der Waals surface area contributed by atoms with Crippen LogP contribution in [0, 0.1) is 6.92 Å². The summed E-state index contributed by atoms with van der Waals surface area (Å²) in [4.78, 5) is 28.2. The lowest BCUT2D eigenvalue weighted by atomic mass is 10.3. The number of hydrogen-bond donors (Lipinski definition) is 3. The number of hydrogen-bond acceptors (Lipinski definition) is 4. The van der Waals surface area contributed by atoms with E-state index >= 15 is 0 Å². The van der Waals surface area contributed by atoms with E-state index in [0.29, 0.717) is 11.6 Å². The summed E-state index contributed by atoms with van der Waals surface area (Å²) in [6.45, 7) is 3.47. The molecule has 1 atom stereocenters. The first kappa shape index (κ1) is 13.9. The zero-order chi connectivity index (χ0) is 13.7. The fraction of sp³-hybridized carbons (Fsp3) is 0.600. The van der Waals surface area contributed by atoms with Gasteiger partial charge in [0.1, 0.15) is 5.82 Å². The Morgan fingerprint density at radius 2 is 2.11 bits per heavy atom. The Morgan fingerprint density at radius 1 is 1.44 bits per heavy atom. The molecule has 0 aliphatic carbocycles. The van der Waals surface area contributed by atoms with Crippen molar-refractivity contribution in [3.63, 3.8) is 0 Å². The molecular weight excluding hydrogens is 236 g/mol. The Kier molecular flexibility index (Phi) is 4.64. The molecule has 0 spiro atoms. The van der Waals surface area contributed by atoms with Crippen LogP contribution in [0.3, 0.4) is 0 Å². The predicted octanol–water partition coefficient (Wildman–Crippen LogP) is -0.438. The molecule has 3 N–H and O–H groups in total. The van der Waals surface area contributed by atoms with Gasteiger partial charge in [-0.15, -0.1) is 0 Å². The highest BCUT2D eigenvalue weighted by Gasteiger charge is 2.14. The van der Waals surface area contributed by atoms with E-state index in [1.54, 1.807) is 27.9 Å². The molecule has 0 fully saturated rings. The second kappa shape index (κ2) is 5.99. The Morgan fingerprint density at radius 3 is 2.61 bits per heavy atom. The van der Waals surface area contributed by atoms with Gasteiger partial charge in [0.05, 0.1) is 12.6 Å². The van der Waals surface area contributed by atoms with E-state index in [9.17, 15) is 9.59 Å². The van der Waals surface area contributed by atoms with E-state index in [4.69, 9.17) is 0 Å². The first-order valence-electron chi connectivity index (χ1n) is 5.53. The molecule has 1 aromatic rings. The van der Waals surface area contributed by atoms with Crippen LogP contribution in [0.5, 0.6) is 0 Å². The first-order chi connectivity index (χ1) is 8.40. The number of amides is 3. The summed E-state index contributed by atoms with van der Waals surface area (Å²) in [5, 5.41) is 11.8. The Labute approximate surface area is 105 Å². The molecule has 100 valence electrons. The van der Waals surface area contributed by atoms with Crippen LogP contribution in [0.4, 0.5) is 4.79 Å². The molecule has 8 heteroatoms. The SMILES string of the molecule is Cc1nc([C@H](C)NC(=O)CNC(=O)N(C)C)n[nH]1. The molecule has 18 heavy (non-hydrogen) atoms. The third kappa shape index (κ3) is 4.04. The number of H-pyrrole nitrogens is 1. The summed E-state index contributed by atoms with van der Waals surface area (Å²) in [5.74, 6) is 0.909. The molecule has 3 amide bonds. The van der Waals surface area contributed by atoms with Crippen molar-refractivity contribution in [1.82, 2.24) is 30.7 Å². The number of carbonyl (C=O) groups excluding carboxylic acids is 2. The second-order valence-electron chi connectivity index (χ2n) is 4.12. The summed E-state index contributed by atoms with van der Waals surface area (Å²) in [7, 11) is 3.21. The van der Waals surface area contributed by atoms with Gasteiger partial charge in [0.2, 0.25) is 5.91 Å². The van der Waals surface area contributed by atoms with Gasteiger partial charge in [-0.05, 0) is 13.8 Å². The van der Waals surface area contributed by atoms with Crippen molar-refractivity contribution in [1.29, 1.82) is 0 Å². The molecule has 8 nitrogen and oxygen atoms in total. The quantitative estimate of drug-likeness (QED) is 0.677. The average molecular weight is 254 g/mol. The van der Waals surface area contributed by atoms with Crippen molar-refractivity contribution in [2.45, 2.75) is 19.9 Å². The van der Waals surface area contributed by atoms with Gasteiger partial charge < -0.3 is 15.5 Å². The highest BCUT2D eigenvalue weighted by molar-refractivity contribution is 5.83. The van der Waals surface area contributed by atoms with Crippen molar-refractivity contribution >= 4 is 11.9 Å². The van der Waals surface area contributed by atoms with Crippen molar-refractivity contribution in [2.75, 3.05) is 20.6 Å². The van der Waals surface area contributed by atoms with Gasteiger partial charge in [0.25, 0.3) is 0 Å². The van der Waals surface area contributed by atoms with Gasteiger partial charge in [-0.2, -0.15) is 5.10 Å². The van der Waals surface area contributed by atoms with Crippen LogP contribution in [0.15, 0.2) is 0 Å². The van der Waals surface area contributed by atoms with Gasteiger partial charge in [0, 0.05) is 14.1 Å². The van der Waals surface area contributed by atoms with Crippen molar-refractivity contribution in [2.24, 2.45) is 0 Å². The topological polar surface area (TPSA) is 103 Å².